The van der Waals surface area contributed by atoms with E-state index in [-0.39, 0.29) is 23.5 Å². The molecule has 0 bridgehead atoms. The van der Waals surface area contributed by atoms with Gasteiger partial charge in [0.05, 0.1) is 23.6 Å². The van der Waals surface area contributed by atoms with Crippen LogP contribution < -0.4 is 0 Å². The summed E-state index contributed by atoms with van der Waals surface area (Å²) in [6.45, 7) is 0. The smallest absolute Gasteiger partial charge is 0.145 e. The monoisotopic (exact) mass is 693 g/mol. The molecule has 3 heteroatoms. The van der Waals surface area contributed by atoms with Gasteiger partial charge in [0.1, 0.15) is 17.0 Å². The van der Waals surface area contributed by atoms with Crippen molar-refractivity contribution in [3.8, 4) is 50.5 Å². The standard InChI is InChI=1S/C51H32N2O/c1-3-16-33(17-4-1)35-30-31-38-42(32-35)49(41-24-15-29-47-50(41)40-23-10-14-28-46(40)54-47)37-21-8-7-20-36(37)48(38)39-22-9-12-26-44(39)53-45-27-13-11-25-43(45)52-51(53)34-18-5-2-6-19-34/h1-32H/i2D,5D,6D,18D,19D. The minimum atomic E-state index is -0.446. The van der Waals surface area contributed by atoms with Gasteiger partial charge < -0.3 is 4.42 Å². The van der Waals surface area contributed by atoms with E-state index in [1.807, 2.05) is 71.3 Å². The number of para-hydroxylation sites is 4. The van der Waals surface area contributed by atoms with Crippen molar-refractivity contribution in [1.82, 2.24) is 9.55 Å². The lowest BCUT2D eigenvalue weighted by molar-refractivity contribution is 0.669. The highest BCUT2D eigenvalue weighted by atomic mass is 16.3. The predicted octanol–water partition coefficient (Wildman–Crippen LogP) is 13.9. The van der Waals surface area contributed by atoms with Crippen LogP contribution in [0.2, 0.25) is 0 Å². The number of benzene rings is 9. The molecule has 0 unspecified atom stereocenters. The Morgan fingerprint density at radius 3 is 1.96 bits per heavy atom. The first kappa shape index (κ1) is 25.7. The molecule has 0 spiro atoms. The van der Waals surface area contributed by atoms with Crippen LogP contribution in [0.3, 0.4) is 0 Å². The first-order valence-electron chi connectivity index (χ1n) is 20.5. The molecule has 0 amide bonds. The molecular formula is C51H32N2O. The Bertz CT molecular complexity index is 3490. The second-order valence-corrected chi connectivity index (χ2v) is 13.5. The van der Waals surface area contributed by atoms with Crippen LogP contribution in [0, 0.1) is 0 Å². The summed E-state index contributed by atoms with van der Waals surface area (Å²) in [5.74, 6) is 0.269. The van der Waals surface area contributed by atoms with Crippen LogP contribution in [0.15, 0.2) is 198 Å². The molecule has 54 heavy (non-hydrogen) atoms. The highest BCUT2D eigenvalue weighted by Crippen LogP contribution is 2.49. The summed E-state index contributed by atoms with van der Waals surface area (Å²) in [6.07, 6.45) is 0. The van der Waals surface area contributed by atoms with Crippen LogP contribution in [0.25, 0.3) is 105 Å². The van der Waals surface area contributed by atoms with Crippen LogP contribution in [-0.4, -0.2) is 9.55 Å². The van der Waals surface area contributed by atoms with E-state index in [4.69, 9.17) is 16.3 Å². The van der Waals surface area contributed by atoms with Crippen LogP contribution in [0.5, 0.6) is 0 Å². The van der Waals surface area contributed by atoms with Crippen LogP contribution >= 0.6 is 0 Å². The van der Waals surface area contributed by atoms with Gasteiger partial charge in [-0.2, -0.15) is 0 Å². The minimum Gasteiger partial charge on any atom is -0.456 e. The molecule has 0 atom stereocenters. The van der Waals surface area contributed by atoms with Crippen LogP contribution in [0.1, 0.15) is 6.85 Å². The van der Waals surface area contributed by atoms with E-state index in [1.165, 1.54) is 0 Å². The summed E-state index contributed by atoms with van der Waals surface area (Å²) in [5, 5.41) is 6.30. The Kier molecular flexibility index (Phi) is 5.79. The molecular weight excluding hydrogens is 657 g/mol. The summed E-state index contributed by atoms with van der Waals surface area (Å²) in [5.41, 5.74) is 10.1. The molecule has 0 aliphatic rings. The third-order valence-electron chi connectivity index (χ3n) is 10.5. The molecule has 0 N–H and O–H groups in total. The fraction of sp³-hybridized carbons (Fsp3) is 0. The first-order valence-corrected chi connectivity index (χ1v) is 18.0. The van der Waals surface area contributed by atoms with Crippen molar-refractivity contribution in [2.24, 2.45) is 0 Å². The van der Waals surface area contributed by atoms with E-state index >= 15 is 0 Å². The lowest BCUT2D eigenvalue weighted by Crippen LogP contribution is -2.01. The maximum Gasteiger partial charge on any atom is 0.145 e. The van der Waals surface area contributed by atoms with Crippen molar-refractivity contribution >= 4 is 54.5 Å². The van der Waals surface area contributed by atoms with Crippen molar-refractivity contribution < 1.29 is 11.3 Å². The van der Waals surface area contributed by atoms with Crippen molar-refractivity contribution in [2.45, 2.75) is 0 Å². The topological polar surface area (TPSA) is 31.0 Å². The summed E-state index contributed by atoms with van der Waals surface area (Å²) < 4.78 is 51.8. The van der Waals surface area contributed by atoms with Crippen molar-refractivity contribution in [1.29, 1.82) is 0 Å². The third-order valence-corrected chi connectivity index (χ3v) is 10.5. The van der Waals surface area contributed by atoms with Gasteiger partial charge in [0.2, 0.25) is 0 Å². The van der Waals surface area contributed by atoms with Crippen LogP contribution in [-0.2, 0) is 0 Å². The van der Waals surface area contributed by atoms with E-state index in [0.717, 1.165) is 88.1 Å². The molecule has 0 aliphatic carbocycles. The highest BCUT2D eigenvalue weighted by molar-refractivity contribution is 6.26. The maximum atomic E-state index is 9.00. The van der Waals surface area contributed by atoms with E-state index < -0.39 is 18.1 Å². The van der Waals surface area contributed by atoms with Gasteiger partial charge in [0.25, 0.3) is 0 Å². The largest absolute Gasteiger partial charge is 0.456 e. The fourth-order valence-corrected chi connectivity index (χ4v) is 8.23. The second-order valence-electron chi connectivity index (χ2n) is 13.5. The zero-order chi connectivity index (χ0) is 39.9. The van der Waals surface area contributed by atoms with Gasteiger partial charge in [-0.05, 0) is 85.8 Å². The van der Waals surface area contributed by atoms with E-state index in [1.54, 1.807) is 0 Å². The number of aromatic nitrogens is 2. The molecule has 0 saturated carbocycles. The zero-order valence-electron chi connectivity index (χ0n) is 33.9. The Morgan fingerprint density at radius 2 is 1.11 bits per heavy atom. The van der Waals surface area contributed by atoms with Crippen LogP contribution in [0.4, 0.5) is 0 Å². The normalized spacial score (nSPS) is 13.0. The molecule has 0 fully saturated rings. The average Bonchev–Trinajstić information content (AvgIpc) is 3.86. The van der Waals surface area contributed by atoms with E-state index in [9.17, 15) is 0 Å². The van der Waals surface area contributed by atoms with Gasteiger partial charge in [0.15, 0.2) is 0 Å². The second kappa shape index (κ2) is 12.2. The molecule has 9 aromatic carbocycles. The number of furan rings is 1. The summed E-state index contributed by atoms with van der Waals surface area (Å²) in [6, 6.07) is 54.0. The Hall–Kier alpha value is -7.23. The van der Waals surface area contributed by atoms with Gasteiger partial charge in [-0.15, -0.1) is 0 Å². The van der Waals surface area contributed by atoms with Crippen molar-refractivity contribution in [3.05, 3.63) is 194 Å². The summed E-state index contributed by atoms with van der Waals surface area (Å²) in [7, 11) is 0. The Labute approximate surface area is 319 Å². The quantitative estimate of drug-likeness (QED) is 0.168. The highest BCUT2D eigenvalue weighted by Gasteiger charge is 2.24. The number of hydrogen-bond donors (Lipinski definition) is 0. The lowest BCUT2D eigenvalue weighted by Gasteiger charge is -2.21. The minimum absolute atomic E-state index is 0.0417. The first-order chi connectivity index (χ1) is 28.9. The Balaban J connectivity index is 1.28. The number of rotatable bonds is 5. The summed E-state index contributed by atoms with van der Waals surface area (Å²) >= 11 is 0. The van der Waals surface area contributed by atoms with Crippen molar-refractivity contribution in [2.75, 3.05) is 0 Å². The molecule has 11 aromatic rings. The Morgan fingerprint density at radius 1 is 0.463 bits per heavy atom. The molecule has 3 nitrogen and oxygen atoms in total. The molecule has 0 saturated heterocycles. The maximum absolute atomic E-state index is 9.00. The SMILES string of the molecule is [2H]c1c([2H])c([2H])c(-c2nc3ccccc3n2-c2ccccc2-c2c3ccccc3c(-c3cccc4oc5ccccc5c34)c3cc(-c4ccccc4)ccc23)c([2H])c1[2H]. The molecule has 11 rings (SSSR count). The molecule has 2 heterocycles. The zero-order valence-corrected chi connectivity index (χ0v) is 28.9. The number of hydrogen-bond acceptors (Lipinski definition) is 2. The molecule has 0 radical (unpaired) electrons. The number of imidazole rings is 1. The predicted molar refractivity (Wildman–Crippen MR) is 225 cm³/mol. The number of nitrogens with zero attached hydrogens (tertiary/aromatic N) is 2. The number of fused-ring (bicyclic) bond motifs is 6. The van der Waals surface area contributed by atoms with E-state index in [0.29, 0.717) is 5.52 Å². The van der Waals surface area contributed by atoms with Gasteiger partial charge in [-0.3, -0.25) is 4.57 Å². The lowest BCUT2D eigenvalue weighted by atomic mass is 9.83. The van der Waals surface area contributed by atoms with Crippen molar-refractivity contribution in [3.63, 3.8) is 0 Å². The third kappa shape index (κ3) is 4.65. The summed E-state index contributed by atoms with van der Waals surface area (Å²) in [4.78, 5) is 4.99. The van der Waals surface area contributed by atoms with E-state index in [2.05, 4.69) is 97.1 Å². The van der Waals surface area contributed by atoms with Gasteiger partial charge in [0, 0.05) is 21.9 Å². The molecule has 2 aromatic heterocycles. The van der Waals surface area contributed by atoms with Gasteiger partial charge in [-0.25, -0.2) is 4.98 Å². The average molecular weight is 694 g/mol. The molecule has 0 aliphatic heterocycles. The fourth-order valence-electron chi connectivity index (χ4n) is 8.23. The van der Waals surface area contributed by atoms with Gasteiger partial charge >= 0.3 is 0 Å². The molecule has 252 valence electrons. The van der Waals surface area contributed by atoms with Gasteiger partial charge in [-0.1, -0.05) is 158 Å².